The molecule has 0 saturated carbocycles. The molecular formula is C17H14Cl2N2O3S2. The van der Waals surface area contributed by atoms with Crippen molar-refractivity contribution >= 4 is 65.6 Å². The Kier molecular flexibility index (Phi) is 5.25. The van der Waals surface area contributed by atoms with Gasteiger partial charge in [0.15, 0.2) is 15.0 Å². The first-order valence-corrected chi connectivity index (χ1v) is 11.0. The van der Waals surface area contributed by atoms with E-state index in [9.17, 15) is 13.2 Å². The molecule has 1 atom stereocenters. The van der Waals surface area contributed by atoms with Gasteiger partial charge in [0.25, 0.3) is 0 Å². The van der Waals surface area contributed by atoms with Crippen LogP contribution in [0, 0.1) is 0 Å². The van der Waals surface area contributed by atoms with Crippen LogP contribution in [0.1, 0.15) is 18.4 Å². The molecule has 1 aromatic heterocycles. The van der Waals surface area contributed by atoms with Crippen molar-refractivity contribution in [2.24, 2.45) is 0 Å². The maximum absolute atomic E-state index is 12.5. The first-order chi connectivity index (χ1) is 12.2. The largest absolute Gasteiger partial charge is 0.301 e. The Labute approximate surface area is 164 Å². The number of sulfone groups is 1. The number of amides is 1. The Morgan fingerprint density at radius 3 is 2.65 bits per heavy atom. The standard InChI is InChI=1S/C17H14Cl2N2O3S2/c1-9(11-4-3-5-12(18)15(11)19)16(22)21-17-20-13-7-6-10(26(2,23)24)8-14(13)25-17/h3-9H,1-2H3,(H,20,21,22). The average molecular weight is 429 g/mol. The van der Waals surface area contributed by atoms with Gasteiger partial charge in [0.1, 0.15) is 0 Å². The number of carbonyl (C=O) groups is 1. The van der Waals surface area contributed by atoms with E-state index in [0.29, 0.717) is 31.0 Å². The van der Waals surface area contributed by atoms with Crippen LogP contribution in [-0.4, -0.2) is 25.6 Å². The summed E-state index contributed by atoms with van der Waals surface area (Å²) in [6.07, 6.45) is 1.15. The molecule has 0 bridgehead atoms. The predicted octanol–water partition coefficient (Wildman–Crippen LogP) is 4.75. The molecule has 5 nitrogen and oxygen atoms in total. The quantitative estimate of drug-likeness (QED) is 0.650. The van der Waals surface area contributed by atoms with Gasteiger partial charge in [-0.3, -0.25) is 4.79 Å². The van der Waals surface area contributed by atoms with Crippen LogP contribution in [0.25, 0.3) is 10.2 Å². The molecule has 9 heteroatoms. The van der Waals surface area contributed by atoms with Crippen LogP contribution in [0.3, 0.4) is 0 Å². The maximum atomic E-state index is 12.5. The van der Waals surface area contributed by atoms with Gasteiger partial charge in [-0.1, -0.05) is 46.7 Å². The maximum Gasteiger partial charge on any atom is 0.233 e. The van der Waals surface area contributed by atoms with Crippen molar-refractivity contribution in [2.75, 3.05) is 11.6 Å². The average Bonchev–Trinajstić information content (AvgIpc) is 2.97. The minimum Gasteiger partial charge on any atom is -0.301 e. The summed E-state index contributed by atoms with van der Waals surface area (Å²) in [6.45, 7) is 1.72. The van der Waals surface area contributed by atoms with Gasteiger partial charge in [-0.2, -0.15) is 0 Å². The molecule has 26 heavy (non-hydrogen) atoms. The number of nitrogens with one attached hydrogen (secondary N) is 1. The molecule has 2 aromatic carbocycles. The molecule has 0 aliphatic rings. The molecule has 0 fully saturated rings. The zero-order valence-corrected chi connectivity index (χ0v) is 16.9. The fraction of sp³-hybridized carbons (Fsp3) is 0.176. The molecule has 136 valence electrons. The van der Waals surface area contributed by atoms with E-state index in [1.54, 1.807) is 37.3 Å². The summed E-state index contributed by atoms with van der Waals surface area (Å²) in [6, 6.07) is 9.81. The molecule has 1 amide bonds. The highest BCUT2D eigenvalue weighted by Gasteiger charge is 2.20. The molecule has 0 aliphatic carbocycles. The minimum atomic E-state index is -3.30. The Balaban J connectivity index is 1.86. The van der Waals surface area contributed by atoms with Crippen molar-refractivity contribution in [3.05, 3.63) is 52.0 Å². The summed E-state index contributed by atoms with van der Waals surface area (Å²) in [5, 5.41) is 3.87. The number of thiazole rings is 1. The number of aromatic nitrogens is 1. The summed E-state index contributed by atoms with van der Waals surface area (Å²) in [5.41, 5.74) is 1.24. The van der Waals surface area contributed by atoms with Crippen molar-refractivity contribution in [2.45, 2.75) is 17.7 Å². The molecule has 0 spiro atoms. The van der Waals surface area contributed by atoms with Crippen LogP contribution in [0.2, 0.25) is 10.0 Å². The second kappa shape index (κ2) is 7.15. The smallest absolute Gasteiger partial charge is 0.233 e. The van der Waals surface area contributed by atoms with E-state index in [0.717, 1.165) is 6.26 Å². The van der Waals surface area contributed by atoms with Gasteiger partial charge in [-0.25, -0.2) is 13.4 Å². The van der Waals surface area contributed by atoms with Crippen LogP contribution >= 0.6 is 34.5 Å². The van der Waals surface area contributed by atoms with Gasteiger partial charge in [-0.15, -0.1) is 0 Å². The molecule has 3 rings (SSSR count). The Morgan fingerprint density at radius 2 is 1.96 bits per heavy atom. The number of fused-ring (bicyclic) bond motifs is 1. The number of halogens is 2. The lowest BCUT2D eigenvalue weighted by Crippen LogP contribution is -2.19. The topological polar surface area (TPSA) is 76.1 Å². The van der Waals surface area contributed by atoms with Gasteiger partial charge in [0.2, 0.25) is 5.91 Å². The highest BCUT2D eigenvalue weighted by molar-refractivity contribution is 7.90. The lowest BCUT2D eigenvalue weighted by atomic mass is 10.0. The summed E-state index contributed by atoms with van der Waals surface area (Å²) in [7, 11) is -3.30. The fourth-order valence-electron chi connectivity index (χ4n) is 2.40. The summed E-state index contributed by atoms with van der Waals surface area (Å²) in [5.74, 6) is -0.809. The number of anilines is 1. The molecule has 0 radical (unpaired) electrons. The molecule has 3 aromatic rings. The van der Waals surface area contributed by atoms with Crippen LogP contribution in [-0.2, 0) is 14.6 Å². The Hall–Kier alpha value is -1.67. The third-order valence-corrected chi connectivity index (χ3v) is 6.74. The minimum absolute atomic E-state index is 0.214. The van der Waals surface area contributed by atoms with E-state index in [1.165, 1.54) is 17.4 Å². The zero-order chi connectivity index (χ0) is 19.1. The normalized spacial score (nSPS) is 12.9. The van der Waals surface area contributed by atoms with Gasteiger partial charge in [0, 0.05) is 6.26 Å². The first kappa shape index (κ1) is 19.1. The number of benzene rings is 2. The second-order valence-corrected chi connectivity index (χ2v) is 9.61. The van der Waals surface area contributed by atoms with E-state index in [-0.39, 0.29) is 10.8 Å². The SMILES string of the molecule is CC(C(=O)Nc1nc2ccc(S(C)(=O)=O)cc2s1)c1cccc(Cl)c1Cl. The van der Waals surface area contributed by atoms with Crippen LogP contribution in [0.5, 0.6) is 0 Å². The monoisotopic (exact) mass is 428 g/mol. The Morgan fingerprint density at radius 1 is 1.23 bits per heavy atom. The number of hydrogen-bond donors (Lipinski definition) is 1. The van der Waals surface area contributed by atoms with Gasteiger partial charge in [0.05, 0.1) is 31.1 Å². The van der Waals surface area contributed by atoms with E-state index in [2.05, 4.69) is 10.3 Å². The van der Waals surface area contributed by atoms with Gasteiger partial charge < -0.3 is 5.32 Å². The number of rotatable bonds is 4. The fourth-order valence-corrected chi connectivity index (χ4v) is 4.50. The van der Waals surface area contributed by atoms with Crippen LogP contribution in [0.15, 0.2) is 41.3 Å². The molecule has 1 unspecified atom stereocenters. The molecule has 0 saturated heterocycles. The third-order valence-electron chi connectivity index (χ3n) is 3.86. The van der Waals surface area contributed by atoms with E-state index < -0.39 is 15.8 Å². The first-order valence-electron chi connectivity index (χ1n) is 7.52. The van der Waals surface area contributed by atoms with Crippen molar-refractivity contribution in [1.82, 2.24) is 4.98 Å². The summed E-state index contributed by atoms with van der Waals surface area (Å²) in [4.78, 5) is 17.1. The summed E-state index contributed by atoms with van der Waals surface area (Å²) >= 11 is 13.4. The number of carbonyl (C=O) groups excluding carboxylic acids is 1. The van der Waals surface area contributed by atoms with E-state index in [1.807, 2.05) is 0 Å². The van der Waals surface area contributed by atoms with Gasteiger partial charge >= 0.3 is 0 Å². The predicted molar refractivity (Wildman–Crippen MR) is 106 cm³/mol. The second-order valence-electron chi connectivity index (χ2n) is 5.77. The zero-order valence-electron chi connectivity index (χ0n) is 13.8. The van der Waals surface area contributed by atoms with Crippen molar-refractivity contribution in [1.29, 1.82) is 0 Å². The highest BCUT2D eigenvalue weighted by atomic mass is 35.5. The number of nitrogens with zero attached hydrogens (tertiary/aromatic N) is 1. The lowest BCUT2D eigenvalue weighted by Gasteiger charge is -2.13. The van der Waals surface area contributed by atoms with Crippen molar-refractivity contribution < 1.29 is 13.2 Å². The van der Waals surface area contributed by atoms with Crippen molar-refractivity contribution in [3.8, 4) is 0 Å². The molecular weight excluding hydrogens is 415 g/mol. The molecule has 1 heterocycles. The molecule has 0 aliphatic heterocycles. The Bertz CT molecular complexity index is 1110. The van der Waals surface area contributed by atoms with E-state index >= 15 is 0 Å². The third kappa shape index (κ3) is 3.86. The van der Waals surface area contributed by atoms with Crippen LogP contribution in [0.4, 0.5) is 5.13 Å². The highest BCUT2D eigenvalue weighted by Crippen LogP contribution is 2.33. The number of hydrogen-bond acceptors (Lipinski definition) is 5. The van der Waals surface area contributed by atoms with Crippen molar-refractivity contribution in [3.63, 3.8) is 0 Å². The van der Waals surface area contributed by atoms with E-state index in [4.69, 9.17) is 23.2 Å². The molecule has 1 N–H and O–H groups in total. The summed E-state index contributed by atoms with van der Waals surface area (Å²) < 4.78 is 24.0. The lowest BCUT2D eigenvalue weighted by molar-refractivity contribution is -0.117. The van der Waals surface area contributed by atoms with Gasteiger partial charge in [-0.05, 0) is 36.8 Å². The van der Waals surface area contributed by atoms with Crippen LogP contribution < -0.4 is 5.32 Å².